The largest absolute Gasteiger partial charge is 0.490 e. The highest BCUT2D eigenvalue weighted by Crippen LogP contribution is 2.35. The molecule has 0 radical (unpaired) electrons. The van der Waals surface area contributed by atoms with E-state index >= 15 is 0 Å². The summed E-state index contributed by atoms with van der Waals surface area (Å²) in [5.74, 6) is 1.35. The first-order valence-electron chi connectivity index (χ1n) is 6.55. The normalized spacial score (nSPS) is 17.4. The maximum absolute atomic E-state index is 9.62. The quantitative estimate of drug-likeness (QED) is 0.765. The Hall–Kier alpha value is -1.30. The van der Waals surface area contributed by atoms with Crippen LogP contribution in [-0.2, 0) is 9.47 Å². The summed E-state index contributed by atoms with van der Waals surface area (Å²) in [6, 6.07) is 5.41. The van der Waals surface area contributed by atoms with Gasteiger partial charge in [0.05, 0.1) is 0 Å². The molecular weight excluding hydrogens is 248 g/mol. The van der Waals surface area contributed by atoms with E-state index in [4.69, 9.17) is 18.9 Å². The molecule has 0 saturated carbocycles. The van der Waals surface area contributed by atoms with Crippen molar-refractivity contribution >= 4 is 0 Å². The predicted octanol–water partition coefficient (Wildman–Crippen LogP) is 1.89. The number of hydrogen-bond acceptors (Lipinski definition) is 5. The lowest BCUT2D eigenvalue weighted by molar-refractivity contribution is -0.152. The molecule has 1 aliphatic heterocycles. The molecule has 19 heavy (non-hydrogen) atoms. The lowest BCUT2D eigenvalue weighted by Crippen LogP contribution is -2.25. The van der Waals surface area contributed by atoms with Crippen LogP contribution in [0.25, 0.3) is 0 Å². The minimum Gasteiger partial charge on any atom is -0.490 e. The minimum atomic E-state index is -0.538. The second kappa shape index (κ2) is 6.75. The molecule has 0 spiro atoms. The van der Waals surface area contributed by atoms with Gasteiger partial charge in [-0.15, -0.1) is 0 Å². The van der Waals surface area contributed by atoms with Gasteiger partial charge in [-0.2, -0.15) is 0 Å². The van der Waals surface area contributed by atoms with Gasteiger partial charge in [0.15, 0.2) is 6.29 Å². The van der Waals surface area contributed by atoms with Gasteiger partial charge in [-0.05, 0) is 26.0 Å². The van der Waals surface area contributed by atoms with Crippen molar-refractivity contribution in [2.45, 2.75) is 26.2 Å². The van der Waals surface area contributed by atoms with Crippen LogP contribution in [0.5, 0.6) is 11.5 Å². The number of hydrogen-bond donors (Lipinski definition) is 1. The Kier molecular flexibility index (Phi) is 5.01. The summed E-state index contributed by atoms with van der Waals surface area (Å²) in [6.45, 7) is 5.61. The predicted molar refractivity (Wildman–Crippen MR) is 69.4 cm³/mol. The molecule has 5 heteroatoms. The Bertz CT molecular complexity index is 401. The first-order valence-corrected chi connectivity index (χ1v) is 6.55. The van der Waals surface area contributed by atoms with Crippen LogP contribution < -0.4 is 9.47 Å². The van der Waals surface area contributed by atoms with Crippen molar-refractivity contribution in [3.05, 3.63) is 23.8 Å². The van der Waals surface area contributed by atoms with Crippen LogP contribution >= 0.6 is 0 Å². The summed E-state index contributed by atoms with van der Waals surface area (Å²) in [4.78, 5) is 0. The smallest absolute Gasteiger partial charge is 0.191 e. The van der Waals surface area contributed by atoms with Crippen molar-refractivity contribution in [1.82, 2.24) is 0 Å². The average Bonchev–Trinajstić information content (AvgIpc) is 2.78. The average molecular weight is 268 g/mol. The zero-order chi connectivity index (χ0) is 13.7. The van der Waals surface area contributed by atoms with Crippen molar-refractivity contribution in [3.63, 3.8) is 0 Å². The summed E-state index contributed by atoms with van der Waals surface area (Å²) in [6.07, 6.45) is -0.904. The number of fused-ring (bicyclic) bond motifs is 1. The molecule has 0 aliphatic carbocycles. The van der Waals surface area contributed by atoms with Crippen LogP contribution in [0.3, 0.4) is 0 Å². The van der Waals surface area contributed by atoms with Crippen molar-refractivity contribution in [2.75, 3.05) is 26.4 Å². The zero-order valence-corrected chi connectivity index (χ0v) is 11.3. The van der Waals surface area contributed by atoms with Crippen LogP contribution in [0.15, 0.2) is 18.2 Å². The molecule has 1 N–H and O–H groups in total. The summed E-state index contributed by atoms with van der Waals surface area (Å²) < 4.78 is 21.8. The van der Waals surface area contributed by atoms with Crippen molar-refractivity contribution in [2.24, 2.45) is 0 Å². The van der Waals surface area contributed by atoms with Gasteiger partial charge in [-0.25, -0.2) is 0 Å². The molecule has 0 amide bonds. The second-order valence-electron chi connectivity index (χ2n) is 4.18. The summed E-state index contributed by atoms with van der Waals surface area (Å²) in [5.41, 5.74) is 0.804. The van der Waals surface area contributed by atoms with Gasteiger partial charge in [0.1, 0.15) is 30.8 Å². The maximum atomic E-state index is 9.62. The van der Waals surface area contributed by atoms with Gasteiger partial charge >= 0.3 is 0 Å². The highest BCUT2D eigenvalue weighted by Gasteiger charge is 2.22. The molecule has 106 valence electrons. The molecule has 1 aromatic carbocycles. The van der Waals surface area contributed by atoms with E-state index in [0.717, 1.165) is 5.56 Å². The third-order valence-electron chi connectivity index (χ3n) is 2.83. The van der Waals surface area contributed by atoms with Gasteiger partial charge in [0.2, 0.25) is 0 Å². The monoisotopic (exact) mass is 268 g/mol. The lowest BCUT2D eigenvalue weighted by Gasteiger charge is -2.17. The molecule has 0 saturated heterocycles. The Morgan fingerprint density at radius 3 is 2.74 bits per heavy atom. The summed E-state index contributed by atoms with van der Waals surface area (Å²) in [7, 11) is 0. The molecule has 2 rings (SSSR count). The molecule has 0 aromatic heterocycles. The molecule has 1 heterocycles. The fourth-order valence-corrected chi connectivity index (χ4v) is 1.94. The third kappa shape index (κ3) is 3.59. The molecular formula is C14H20O5. The number of aliphatic hydroxyl groups excluding tert-OH is 1. The number of benzene rings is 1. The molecule has 1 unspecified atom stereocenters. The standard InChI is InChI=1S/C14H20O5/c1-3-16-14(17-4-2)9-18-10-5-6-11-12(15)8-19-13(11)7-10/h5-7,12,14-15H,3-4,8-9H2,1-2H3. The van der Waals surface area contributed by atoms with Gasteiger partial charge in [0, 0.05) is 24.8 Å². The van der Waals surface area contributed by atoms with Gasteiger partial charge in [-0.1, -0.05) is 0 Å². The van der Waals surface area contributed by atoms with Crippen molar-refractivity contribution in [3.8, 4) is 11.5 Å². The van der Waals surface area contributed by atoms with Gasteiger partial charge in [0.25, 0.3) is 0 Å². The van der Waals surface area contributed by atoms with Crippen LogP contribution in [-0.4, -0.2) is 37.8 Å². The van der Waals surface area contributed by atoms with Crippen LogP contribution in [0.4, 0.5) is 0 Å². The van der Waals surface area contributed by atoms with Crippen LogP contribution in [0.2, 0.25) is 0 Å². The maximum Gasteiger partial charge on any atom is 0.191 e. The minimum absolute atomic E-state index is 0.305. The van der Waals surface area contributed by atoms with E-state index in [-0.39, 0.29) is 6.29 Å². The topological polar surface area (TPSA) is 57.2 Å². The fourth-order valence-electron chi connectivity index (χ4n) is 1.94. The highest BCUT2D eigenvalue weighted by molar-refractivity contribution is 5.44. The second-order valence-corrected chi connectivity index (χ2v) is 4.18. The number of aliphatic hydroxyl groups is 1. The van der Waals surface area contributed by atoms with E-state index in [2.05, 4.69) is 0 Å². The summed E-state index contributed by atoms with van der Waals surface area (Å²) in [5, 5.41) is 9.62. The van der Waals surface area contributed by atoms with Crippen molar-refractivity contribution in [1.29, 1.82) is 0 Å². The Balaban J connectivity index is 1.92. The lowest BCUT2D eigenvalue weighted by atomic mass is 10.1. The van der Waals surface area contributed by atoms with E-state index in [9.17, 15) is 5.11 Å². The Labute approximate surface area is 113 Å². The highest BCUT2D eigenvalue weighted by atomic mass is 16.7. The first-order chi connectivity index (χ1) is 9.24. The fraction of sp³-hybridized carbons (Fsp3) is 0.571. The van der Waals surface area contributed by atoms with Gasteiger partial charge in [-0.3, -0.25) is 0 Å². The zero-order valence-electron chi connectivity index (χ0n) is 11.3. The molecule has 1 atom stereocenters. The van der Waals surface area contributed by atoms with E-state index in [1.165, 1.54) is 0 Å². The Morgan fingerprint density at radius 2 is 2.05 bits per heavy atom. The SMILES string of the molecule is CCOC(COc1ccc2c(c1)OCC2O)OCC. The van der Waals surface area contributed by atoms with E-state index < -0.39 is 6.10 Å². The van der Waals surface area contributed by atoms with Crippen LogP contribution in [0.1, 0.15) is 25.5 Å². The first kappa shape index (κ1) is 14.1. The van der Waals surface area contributed by atoms with E-state index in [1.807, 2.05) is 26.0 Å². The Morgan fingerprint density at radius 1 is 1.32 bits per heavy atom. The van der Waals surface area contributed by atoms with Crippen LogP contribution in [0, 0.1) is 0 Å². The number of ether oxygens (including phenoxy) is 4. The molecule has 0 fully saturated rings. The van der Waals surface area contributed by atoms with E-state index in [0.29, 0.717) is 37.9 Å². The van der Waals surface area contributed by atoms with Gasteiger partial charge < -0.3 is 24.1 Å². The third-order valence-corrected chi connectivity index (χ3v) is 2.83. The molecule has 1 aliphatic rings. The van der Waals surface area contributed by atoms with Crippen molar-refractivity contribution < 1.29 is 24.1 Å². The molecule has 1 aromatic rings. The number of rotatable bonds is 7. The molecule has 5 nitrogen and oxygen atoms in total. The van der Waals surface area contributed by atoms with E-state index in [1.54, 1.807) is 6.07 Å². The molecule has 0 bridgehead atoms. The summed E-state index contributed by atoms with van der Waals surface area (Å²) >= 11 is 0.